The molecule has 0 aromatic carbocycles. The van der Waals surface area contributed by atoms with Gasteiger partial charge in [0.1, 0.15) is 16.9 Å². The highest BCUT2D eigenvalue weighted by atomic mass is 32.2. The van der Waals surface area contributed by atoms with Crippen LogP contribution in [0.25, 0.3) is 0 Å². The lowest BCUT2D eigenvalue weighted by molar-refractivity contribution is -0.126. The van der Waals surface area contributed by atoms with Crippen molar-refractivity contribution in [2.75, 3.05) is 14.2 Å². The van der Waals surface area contributed by atoms with Crippen molar-refractivity contribution in [3.63, 3.8) is 0 Å². The van der Waals surface area contributed by atoms with Crippen molar-refractivity contribution in [1.82, 2.24) is 0 Å². The molecule has 1 amide bonds. The molecule has 0 saturated carbocycles. The number of carbonyl (C=O) groups is 1. The van der Waals surface area contributed by atoms with E-state index < -0.39 is 12.0 Å². The minimum Gasteiger partial charge on any atom is -0.501 e. The predicted octanol–water partition coefficient (Wildman–Crippen LogP) is 1.58. The third-order valence-corrected chi connectivity index (χ3v) is 5.08. The number of thioether (sulfide) groups is 1. The van der Waals surface area contributed by atoms with Crippen LogP contribution in [0.5, 0.6) is 0 Å². The monoisotopic (exact) mass is 296 g/mol. The third-order valence-electron chi connectivity index (χ3n) is 3.83. The first-order chi connectivity index (χ1) is 9.49. The minimum atomic E-state index is -1.09. The molecule has 2 unspecified atom stereocenters. The number of hydrogen-bond donors (Lipinski definition) is 2. The van der Waals surface area contributed by atoms with Crippen LogP contribution in [0.15, 0.2) is 26.8 Å². The van der Waals surface area contributed by atoms with Crippen LogP contribution >= 0.6 is 11.8 Å². The number of primary amides is 1. The number of hydrogen-bond acceptors (Lipinski definition) is 5. The molecule has 1 aliphatic heterocycles. The third kappa shape index (κ3) is 2.62. The van der Waals surface area contributed by atoms with Gasteiger partial charge < -0.3 is 15.6 Å². The van der Waals surface area contributed by atoms with E-state index >= 15 is 0 Å². The molecule has 0 saturated heterocycles. The number of aliphatic imine (C=N–C) groups is 1. The molecular weight excluding hydrogens is 276 g/mol. The average molecular weight is 296 g/mol. The van der Waals surface area contributed by atoms with Gasteiger partial charge >= 0.3 is 0 Å². The van der Waals surface area contributed by atoms with Gasteiger partial charge in [-0.2, -0.15) is 0 Å². The SMILES string of the molecule is CN=C1SC2=C(C1=C(C)OC)C(CC(O)C(N)=O)CC2. The number of ether oxygens (including phenoxy) is 1. The Kier molecular flexibility index (Phi) is 4.55. The summed E-state index contributed by atoms with van der Waals surface area (Å²) in [5.74, 6) is 0.297. The number of nitrogens with two attached hydrogens (primary N) is 1. The average Bonchev–Trinajstić information content (AvgIpc) is 2.97. The molecule has 5 nitrogen and oxygen atoms in total. The lowest BCUT2D eigenvalue weighted by Crippen LogP contribution is -2.30. The molecule has 0 spiro atoms. The van der Waals surface area contributed by atoms with Gasteiger partial charge in [0, 0.05) is 12.6 Å². The van der Waals surface area contributed by atoms with Gasteiger partial charge in [-0.3, -0.25) is 9.79 Å². The smallest absolute Gasteiger partial charge is 0.246 e. The molecule has 110 valence electrons. The molecule has 6 heteroatoms. The lowest BCUT2D eigenvalue weighted by atomic mass is 9.89. The van der Waals surface area contributed by atoms with Crippen molar-refractivity contribution in [3.05, 3.63) is 21.8 Å². The maximum atomic E-state index is 11.1. The van der Waals surface area contributed by atoms with Crippen LogP contribution in [0.3, 0.4) is 0 Å². The molecule has 1 heterocycles. The first kappa shape index (κ1) is 15.1. The minimum absolute atomic E-state index is 0.138. The van der Waals surface area contributed by atoms with Gasteiger partial charge in [0.05, 0.1) is 7.11 Å². The van der Waals surface area contributed by atoms with Gasteiger partial charge in [0.25, 0.3) is 0 Å². The van der Waals surface area contributed by atoms with Gasteiger partial charge in [0.2, 0.25) is 5.91 Å². The van der Waals surface area contributed by atoms with E-state index in [1.54, 1.807) is 25.9 Å². The molecular formula is C14H20N2O3S. The summed E-state index contributed by atoms with van der Waals surface area (Å²) >= 11 is 1.67. The molecule has 20 heavy (non-hydrogen) atoms. The Bertz CT molecular complexity index is 523. The van der Waals surface area contributed by atoms with E-state index in [-0.39, 0.29) is 5.92 Å². The van der Waals surface area contributed by atoms with Crippen molar-refractivity contribution in [3.8, 4) is 0 Å². The summed E-state index contributed by atoms with van der Waals surface area (Å²) in [4.78, 5) is 16.7. The van der Waals surface area contributed by atoms with Crippen LogP contribution in [0.1, 0.15) is 26.2 Å². The highest BCUT2D eigenvalue weighted by molar-refractivity contribution is 8.18. The lowest BCUT2D eigenvalue weighted by Gasteiger charge is -2.19. The van der Waals surface area contributed by atoms with E-state index in [0.717, 1.165) is 29.2 Å². The van der Waals surface area contributed by atoms with E-state index in [4.69, 9.17) is 10.5 Å². The first-order valence-corrected chi connectivity index (χ1v) is 7.41. The maximum absolute atomic E-state index is 11.1. The summed E-state index contributed by atoms with van der Waals surface area (Å²) in [5.41, 5.74) is 7.35. The van der Waals surface area contributed by atoms with Gasteiger partial charge in [-0.25, -0.2) is 0 Å². The van der Waals surface area contributed by atoms with Gasteiger partial charge in [-0.15, -0.1) is 0 Å². The molecule has 0 aromatic heterocycles. The zero-order valence-corrected chi connectivity index (χ0v) is 12.8. The summed E-state index contributed by atoms with van der Waals surface area (Å²) in [5, 5.41) is 10.7. The number of rotatable bonds is 4. The van der Waals surface area contributed by atoms with E-state index in [1.165, 1.54) is 10.5 Å². The largest absolute Gasteiger partial charge is 0.501 e. The topological polar surface area (TPSA) is 84.9 Å². The Morgan fingerprint density at radius 3 is 2.90 bits per heavy atom. The number of amides is 1. The summed E-state index contributed by atoms with van der Waals surface area (Å²) in [7, 11) is 3.40. The van der Waals surface area contributed by atoms with E-state index in [1.807, 2.05) is 6.92 Å². The van der Waals surface area contributed by atoms with Crippen LogP contribution in [-0.2, 0) is 9.53 Å². The summed E-state index contributed by atoms with van der Waals surface area (Å²) in [6, 6.07) is 0. The zero-order chi connectivity index (χ0) is 14.9. The van der Waals surface area contributed by atoms with Crippen molar-refractivity contribution < 1.29 is 14.6 Å². The fourth-order valence-electron chi connectivity index (χ4n) is 2.77. The van der Waals surface area contributed by atoms with Crippen molar-refractivity contribution in [2.45, 2.75) is 32.3 Å². The second kappa shape index (κ2) is 6.01. The fraction of sp³-hybridized carbons (Fsp3) is 0.571. The Labute approximate surface area is 123 Å². The molecule has 2 aliphatic rings. The van der Waals surface area contributed by atoms with Crippen LogP contribution in [-0.4, -0.2) is 36.3 Å². The number of nitrogens with zero attached hydrogens (tertiary/aromatic N) is 1. The van der Waals surface area contributed by atoms with Crippen molar-refractivity contribution in [1.29, 1.82) is 0 Å². The molecule has 2 atom stereocenters. The molecule has 0 radical (unpaired) electrons. The Morgan fingerprint density at radius 1 is 1.65 bits per heavy atom. The second-order valence-electron chi connectivity index (χ2n) is 4.99. The van der Waals surface area contributed by atoms with Crippen LogP contribution in [0, 0.1) is 5.92 Å². The molecule has 0 fully saturated rings. The van der Waals surface area contributed by atoms with Gasteiger partial charge in [-0.1, -0.05) is 11.8 Å². The number of aliphatic hydroxyl groups excluding tert-OH is 1. The molecule has 3 N–H and O–H groups in total. The number of methoxy groups -OCH3 is 1. The molecule has 0 bridgehead atoms. The molecule has 1 aliphatic carbocycles. The van der Waals surface area contributed by atoms with E-state index in [2.05, 4.69) is 4.99 Å². The van der Waals surface area contributed by atoms with E-state index in [0.29, 0.717) is 6.42 Å². The molecule has 0 aromatic rings. The van der Waals surface area contributed by atoms with Crippen LogP contribution < -0.4 is 5.73 Å². The standard InChI is InChI=1S/C14H20N2O3S/c1-7(19-3)11-12-8(6-9(17)13(15)18)4-5-10(12)20-14(11)16-2/h8-9,17H,4-6H2,1-3H3,(H2,15,18). The highest BCUT2D eigenvalue weighted by Gasteiger charge is 2.39. The summed E-state index contributed by atoms with van der Waals surface area (Å²) < 4.78 is 5.37. The van der Waals surface area contributed by atoms with E-state index in [9.17, 15) is 9.90 Å². The summed E-state index contributed by atoms with van der Waals surface area (Å²) in [6.07, 6.45) is 1.16. The number of carbonyl (C=O) groups excluding carboxylic acids is 1. The van der Waals surface area contributed by atoms with Crippen LogP contribution in [0.4, 0.5) is 0 Å². The maximum Gasteiger partial charge on any atom is 0.246 e. The van der Waals surface area contributed by atoms with Crippen molar-refractivity contribution in [2.24, 2.45) is 16.6 Å². The Hall–Kier alpha value is -1.27. The predicted molar refractivity (Wildman–Crippen MR) is 80.2 cm³/mol. The van der Waals surface area contributed by atoms with Gasteiger partial charge in [0.15, 0.2) is 0 Å². The number of aliphatic hydroxyl groups is 1. The number of allylic oxidation sites excluding steroid dienone is 3. The van der Waals surface area contributed by atoms with Gasteiger partial charge in [-0.05, 0) is 42.6 Å². The zero-order valence-electron chi connectivity index (χ0n) is 12.0. The van der Waals surface area contributed by atoms with Crippen LogP contribution in [0.2, 0.25) is 0 Å². The Morgan fingerprint density at radius 2 is 2.35 bits per heavy atom. The molecule has 2 rings (SSSR count). The highest BCUT2D eigenvalue weighted by Crippen LogP contribution is 2.52. The quantitative estimate of drug-likeness (QED) is 0.771. The first-order valence-electron chi connectivity index (χ1n) is 6.60. The second-order valence-corrected chi connectivity index (χ2v) is 6.08. The summed E-state index contributed by atoms with van der Waals surface area (Å²) in [6.45, 7) is 1.91. The van der Waals surface area contributed by atoms with Crippen molar-refractivity contribution >= 4 is 22.7 Å². The normalized spacial score (nSPS) is 27.8. The Balaban J connectivity index is 2.32. The fourth-order valence-corrected chi connectivity index (χ4v) is 4.04.